The van der Waals surface area contributed by atoms with Crippen molar-refractivity contribution in [3.05, 3.63) is 29.3 Å². The third-order valence-electron chi connectivity index (χ3n) is 6.57. The predicted molar refractivity (Wildman–Crippen MR) is 106 cm³/mol. The van der Waals surface area contributed by atoms with Gasteiger partial charge in [0.15, 0.2) is 0 Å². The van der Waals surface area contributed by atoms with Gasteiger partial charge in [-0.3, -0.25) is 0 Å². The van der Waals surface area contributed by atoms with E-state index < -0.39 is 0 Å². The first-order valence-corrected chi connectivity index (χ1v) is 9.98. The SMILES string of the molecule is CCc1cccc(C2CCN(CC)CC2)c1B1OC(C)(C)C(C)(C)O1. The number of aryl methyl sites for hydroxylation is 1. The molecule has 0 atom stereocenters. The van der Waals surface area contributed by atoms with Crippen LogP contribution in [0.15, 0.2) is 18.2 Å². The highest BCUT2D eigenvalue weighted by Crippen LogP contribution is 2.38. The molecule has 25 heavy (non-hydrogen) atoms. The second-order valence-electron chi connectivity index (χ2n) is 8.57. The van der Waals surface area contributed by atoms with E-state index in [9.17, 15) is 0 Å². The van der Waals surface area contributed by atoms with Gasteiger partial charge in [0, 0.05) is 0 Å². The zero-order valence-electron chi connectivity index (χ0n) is 16.9. The molecule has 2 saturated heterocycles. The Bertz CT molecular complexity index is 590. The molecule has 0 bridgehead atoms. The van der Waals surface area contributed by atoms with Gasteiger partial charge in [-0.05, 0) is 89.1 Å². The summed E-state index contributed by atoms with van der Waals surface area (Å²) in [6, 6.07) is 6.77. The Labute approximate surface area is 154 Å². The predicted octanol–water partition coefficient (Wildman–Crippen LogP) is 3.75. The van der Waals surface area contributed by atoms with Gasteiger partial charge in [-0.25, -0.2) is 0 Å². The first-order valence-electron chi connectivity index (χ1n) is 9.98. The van der Waals surface area contributed by atoms with Gasteiger partial charge in [-0.2, -0.15) is 0 Å². The molecule has 3 nitrogen and oxygen atoms in total. The summed E-state index contributed by atoms with van der Waals surface area (Å²) >= 11 is 0. The topological polar surface area (TPSA) is 21.7 Å². The van der Waals surface area contributed by atoms with Gasteiger partial charge in [0.05, 0.1) is 11.2 Å². The number of rotatable bonds is 4. The molecule has 0 aromatic heterocycles. The first-order chi connectivity index (χ1) is 11.8. The Balaban J connectivity index is 1.93. The molecule has 0 unspecified atom stereocenters. The highest BCUT2D eigenvalue weighted by molar-refractivity contribution is 6.63. The maximum Gasteiger partial charge on any atom is 0.495 e. The second kappa shape index (κ2) is 7.05. The van der Waals surface area contributed by atoms with Crippen molar-refractivity contribution in [2.75, 3.05) is 19.6 Å². The van der Waals surface area contributed by atoms with Gasteiger partial charge in [-0.15, -0.1) is 0 Å². The van der Waals surface area contributed by atoms with Crippen LogP contribution in [-0.2, 0) is 15.7 Å². The monoisotopic (exact) mass is 343 g/mol. The van der Waals surface area contributed by atoms with Crippen LogP contribution < -0.4 is 5.46 Å². The summed E-state index contributed by atoms with van der Waals surface area (Å²) in [6.07, 6.45) is 3.47. The van der Waals surface area contributed by atoms with E-state index in [2.05, 4.69) is 64.6 Å². The Kier molecular flexibility index (Phi) is 5.34. The summed E-state index contributed by atoms with van der Waals surface area (Å²) in [5, 5.41) is 0. The van der Waals surface area contributed by atoms with E-state index in [4.69, 9.17) is 9.31 Å². The van der Waals surface area contributed by atoms with E-state index in [-0.39, 0.29) is 18.3 Å². The highest BCUT2D eigenvalue weighted by Gasteiger charge is 2.52. The maximum atomic E-state index is 6.43. The number of benzene rings is 1. The zero-order chi connectivity index (χ0) is 18.2. The van der Waals surface area contributed by atoms with E-state index >= 15 is 0 Å². The van der Waals surface area contributed by atoms with Gasteiger partial charge in [0.1, 0.15) is 0 Å². The van der Waals surface area contributed by atoms with Crippen molar-refractivity contribution in [1.82, 2.24) is 4.90 Å². The molecule has 1 aromatic rings. The summed E-state index contributed by atoms with van der Waals surface area (Å²) in [4.78, 5) is 2.55. The lowest BCUT2D eigenvalue weighted by atomic mass is 9.68. The van der Waals surface area contributed by atoms with Gasteiger partial charge in [-0.1, -0.05) is 32.0 Å². The summed E-state index contributed by atoms with van der Waals surface area (Å²) in [7, 11) is -0.250. The molecule has 138 valence electrons. The number of hydrogen-bond acceptors (Lipinski definition) is 3. The summed E-state index contributed by atoms with van der Waals surface area (Å²) in [5.74, 6) is 0.614. The molecule has 0 spiro atoms. The number of piperidine rings is 1. The first kappa shape index (κ1) is 18.9. The smallest absolute Gasteiger partial charge is 0.399 e. The van der Waals surface area contributed by atoms with E-state index in [1.807, 2.05) is 0 Å². The van der Waals surface area contributed by atoms with Crippen LogP contribution in [0.5, 0.6) is 0 Å². The molecule has 0 aliphatic carbocycles. The molecule has 0 amide bonds. The Hall–Kier alpha value is -0.835. The molecule has 2 aliphatic heterocycles. The van der Waals surface area contributed by atoms with E-state index in [0.717, 1.165) is 13.0 Å². The average molecular weight is 343 g/mol. The van der Waals surface area contributed by atoms with Crippen LogP contribution in [0.2, 0.25) is 0 Å². The van der Waals surface area contributed by atoms with Crippen LogP contribution in [0.4, 0.5) is 0 Å². The van der Waals surface area contributed by atoms with Crippen LogP contribution in [-0.4, -0.2) is 42.9 Å². The van der Waals surface area contributed by atoms with Gasteiger partial charge in [0.2, 0.25) is 0 Å². The van der Waals surface area contributed by atoms with Crippen molar-refractivity contribution in [3.8, 4) is 0 Å². The molecule has 4 heteroatoms. The van der Waals surface area contributed by atoms with Crippen LogP contribution in [0.3, 0.4) is 0 Å². The zero-order valence-corrected chi connectivity index (χ0v) is 16.9. The molecule has 2 fully saturated rings. The second-order valence-corrected chi connectivity index (χ2v) is 8.57. The lowest BCUT2D eigenvalue weighted by Crippen LogP contribution is -2.41. The molecule has 0 radical (unpaired) electrons. The van der Waals surface area contributed by atoms with Crippen LogP contribution in [0.25, 0.3) is 0 Å². The standard InChI is InChI=1S/C21H34BNO2/c1-7-16-10-9-11-18(17-12-14-23(8-2)15-13-17)19(16)22-24-20(3,4)21(5,6)25-22/h9-11,17H,7-8,12-15H2,1-6H3. The fraction of sp³-hybridized carbons (Fsp3) is 0.714. The molecule has 0 saturated carbocycles. The Morgan fingerprint density at radius 3 is 2.16 bits per heavy atom. The normalized spacial score (nSPS) is 24.0. The van der Waals surface area contributed by atoms with Crippen LogP contribution in [0, 0.1) is 0 Å². The average Bonchev–Trinajstić information content (AvgIpc) is 2.81. The van der Waals surface area contributed by atoms with Crippen LogP contribution >= 0.6 is 0 Å². The molecule has 0 N–H and O–H groups in total. The minimum Gasteiger partial charge on any atom is -0.399 e. The number of likely N-dealkylation sites (tertiary alicyclic amines) is 1. The third-order valence-corrected chi connectivity index (χ3v) is 6.57. The summed E-state index contributed by atoms with van der Waals surface area (Å²) in [6.45, 7) is 16.6. The van der Waals surface area contributed by atoms with E-state index in [0.29, 0.717) is 5.92 Å². The van der Waals surface area contributed by atoms with Crippen molar-refractivity contribution >= 4 is 12.6 Å². The van der Waals surface area contributed by atoms with Gasteiger partial charge < -0.3 is 14.2 Å². The minimum atomic E-state index is -0.290. The minimum absolute atomic E-state index is 0.250. The van der Waals surface area contributed by atoms with Crippen molar-refractivity contribution in [2.45, 2.75) is 77.9 Å². The fourth-order valence-electron chi connectivity index (χ4n) is 4.11. The highest BCUT2D eigenvalue weighted by atomic mass is 16.7. The molecule has 2 heterocycles. The number of hydrogen-bond donors (Lipinski definition) is 0. The maximum absolute atomic E-state index is 6.43. The van der Waals surface area contributed by atoms with Crippen molar-refractivity contribution in [2.24, 2.45) is 0 Å². The molecule has 3 rings (SSSR count). The lowest BCUT2D eigenvalue weighted by Gasteiger charge is -2.33. The fourth-order valence-corrected chi connectivity index (χ4v) is 4.11. The molecular formula is C21H34BNO2. The van der Waals surface area contributed by atoms with E-state index in [1.165, 1.54) is 42.5 Å². The largest absolute Gasteiger partial charge is 0.495 e. The molecular weight excluding hydrogens is 309 g/mol. The molecule has 2 aliphatic rings. The Morgan fingerprint density at radius 2 is 1.64 bits per heavy atom. The van der Waals surface area contributed by atoms with Crippen molar-refractivity contribution in [3.63, 3.8) is 0 Å². The van der Waals surface area contributed by atoms with E-state index in [1.54, 1.807) is 0 Å². The third kappa shape index (κ3) is 3.54. The lowest BCUT2D eigenvalue weighted by molar-refractivity contribution is 0.00578. The Morgan fingerprint density at radius 1 is 1.04 bits per heavy atom. The van der Waals surface area contributed by atoms with Crippen molar-refractivity contribution in [1.29, 1.82) is 0 Å². The van der Waals surface area contributed by atoms with Gasteiger partial charge in [0.25, 0.3) is 0 Å². The molecule has 1 aromatic carbocycles. The summed E-state index contributed by atoms with van der Waals surface area (Å²) in [5.41, 5.74) is 3.55. The van der Waals surface area contributed by atoms with Crippen LogP contribution in [0.1, 0.15) is 71.4 Å². The van der Waals surface area contributed by atoms with Gasteiger partial charge >= 0.3 is 7.12 Å². The number of nitrogens with zero attached hydrogens (tertiary/aromatic N) is 1. The quantitative estimate of drug-likeness (QED) is 0.778. The van der Waals surface area contributed by atoms with Crippen molar-refractivity contribution < 1.29 is 9.31 Å². The summed E-state index contributed by atoms with van der Waals surface area (Å²) < 4.78 is 12.9.